The smallest absolute Gasteiger partial charge is 0.335 e. The quantitative estimate of drug-likeness (QED) is 0.867. The monoisotopic (exact) mass is 293 g/mol. The fourth-order valence-corrected chi connectivity index (χ4v) is 3.23. The zero-order chi connectivity index (χ0) is 14.5. The Morgan fingerprint density at radius 2 is 2.25 bits per heavy atom. The van der Waals surface area contributed by atoms with Crippen molar-refractivity contribution in [1.29, 1.82) is 0 Å². The number of thioether (sulfide) groups is 1. The van der Waals surface area contributed by atoms with Crippen LogP contribution in [0.15, 0.2) is 29.2 Å². The molecule has 0 spiro atoms. The van der Waals surface area contributed by atoms with Crippen LogP contribution in [0.4, 0.5) is 0 Å². The third-order valence-electron chi connectivity index (χ3n) is 3.45. The molecular formula is C15H19NO3S. The lowest BCUT2D eigenvalue weighted by Gasteiger charge is -2.30. The molecule has 0 aliphatic carbocycles. The molecule has 1 aliphatic heterocycles. The fourth-order valence-electron chi connectivity index (χ4n) is 2.37. The highest BCUT2D eigenvalue weighted by molar-refractivity contribution is 8.00. The van der Waals surface area contributed by atoms with Gasteiger partial charge in [0.05, 0.1) is 11.3 Å². The van der Waals surface area contributed by atoms with Gasteiger partial charge in [-0.05, 0) is 37.0 Å². The molecule has 108 valence electrons. The topological polar surface area (TPSA) is 57.6 Å². The van der Waals surface area contributed by atoms with Gasteiger partial charge in [-0.15, -0.1) is 11.8 Å². The minimum Gasteiger partial charge on any atom is -0.478 e. The first-order valence-electron chi connectivity index (χ1n) is 6.80. The Bertz CT molecular complexity index is 504. The number of amides is 1. The molecule has 1 heterocycles. The number of piperidine rings is 1. The van der Waals surface area contributed by atoms with Gasteiger partial charge in [-0.25, -0.2) is 4.79 Å². The van der Waals surface area contributed by atoms with Gasteiger partial charge in [-0.1, -0.05) is 13.0 Å². The van der Waals surface area contributed by atoms with E-state index < -0.39 is 5.97 Å². The van der Waals surface area contributed by atoms with E-state index >= 15 is 0 Å². The van der Waals surface area contributed by atoms with Crippen LogP contribution in [0, 0.1) is 5.92 Å². The molecule has 5 heteroatoms. The fraction of sp³-hybridized carbons (Fsp3) is 0.467. The first-order chi connectivity index (χ1) is 9.56. The molecule has 0 saturated carbocycles. The first-order valence-corrected chi connectivity index (χ1v) is 7.79. The van der Waals surface area contributed by atoms with Crippen molar-refractivity contribution in [2.24, 2.45) is 5.92 Å². The minimum atomic E-state index is -0.941. The average molecular weight is 293 g/mol. The second-order valence-electron chi connectivity index (χ2n) is 5.21. The van der Waals surface area contributed by atoms with E-state index in [0.717, 1.165) is 24.4 Å². The highest BCUT2D eigenvalue weighted by atomic mass is 32.2. The molecule has 0 radical (unpaired) electrons. The van der Waals surface area contributed by atoms with Crippen LogP contribution in [0.5, 0.6) is 0 Å². The van der Waals surface area contributed by atoms with E-state index in [2.05, 4.69) is 6.92 Å². The number of benzene rings is 1. The summed E-state index contributed by atoms with van der Waals surface area (Å²) in [7, 11) is 0. The summed E-state index contributed by atoms with van der Waals surface area (Å²) in [5, 5.41) is 8.94. The van der Waals surface area contributed by atoms with Crippen LogP contribution in [0.1, 0.15) is 30.1 Å². The molecule has 0 bridgehead atoms. The molecule has 4 nitrogen and oxygen atoms in total. The number of carbonyl (C=O) groups is 2. The molecular weight excluding hydrogens is 274 g/mol. The molecule has 1 saturated heterocycles. The third kappa shape index (κ3) is 4.00. The number of rotatable bonds is 4. The molecule has 1 N–H and O–H groups in total. The molecule has 20 heavy (non-hydrogen) atoms. The number of aromatic carboxylic acids is 1. The lowest BCUT2D eigenvalue weighted by Crippen LogP contribution is -2.40. The van der Waals surface area contributed by atoms with Crippen LogP contribution in [-0.4, -0.2) is 40.7 Å². The first kappa shape index (κ1) is 14.9. The summed E-state index contributed by atoms with van der Waals surface area (Å²) in [6.07, 6.45) is 2.27. The number of hydrogen-bond acceptors (Lipinski definition) is 3. The van der Waals surface area contributed by atoms with Gasteiger partial charge >= 0.3 is 5.97 Å². The van der Waals surface area contributed by atoms with Gasteiger partial charge in [0.25, 0.3) is 0 Å². The van der Waals surface area contributed by atoms with Gasteiger partial charge < -0.3 is 10.0 Å². The molecule has 1 atom stereocenters. The second kappa shape index (κ2) is 6.79. The highest BCUT2D eigenvalue weighted by Gasteiger charge is 2.20. The molecule has 1 aliphatic rings. The van der Waals surface area contributed by atoms with Crippen molar-refractivity contribution in [3.05, 3.63) is 29.8 Å². The summed E-state index contributed by atoms with van der Waals surface area (Å²) in [5.74, 6) is 0.148. The number of carboxylic acid groups (broad SMARTS) is 1. The maximum Gasteiger partial charge on any atom is 0.335 e. The normalized spacial score (nSPS) is 18.9. The van der Waals surface area contributed by atoms with E-state index in [1.807, 2.05) is 11.0 Å². The van der Waals surface area contributed by atoms with Crippen LogP contribution in [-0.2, 0) is 4.79 Å². The van der Waals surface area contributed by atoms with Crippen LogP contribution >= 0.6 is 11.8 Å². The minimum absolute atomic E-state index is 0.141. The van der Waals surface area contributed by atoms with E-state index in [1.54, 1.807) is 18.2 Å². The predicted molar refractivity (Wildman–Crippen MR) is 79.1 cm³/mol. The Labute approximate surface area is 123 Å². The van der Waals surface area contributed by atoms with Gasteiger partial charge in [-0.2, -0.15) is 0 Å². The predicted octanol–water partition coefficient (Wildman–Crippen LogP) is 2.74. The zero-order valence-electron chi connectivity index (χ0n) is 11.5. The van der Waals surface area contributed by atoms with Crippen molar-refractivity contribution >= 4 is 23.6 Å². The maximum absolute atomic E-state index is 12.1. The molecule has 1 aromatic carbocycles. The lowest BCUT2D eigenvalue weighted by molar-refractivity contribution is -0.130. The molecule has 1 aromatic rings. The molecule has 1 amide bonds. The summed E-state index contributed by atoms with van der Waals surface area (Å²) in [6, 6.07) is 6.71. The van der Waals surface area contributed by atoms with Crippen LogP contribution in [0.3, 0.4) is 0 Å². The van der Waals surface area contributed by atoms with E-state index in [4.69, 9.17) is 5.11 Å². The van der Waals surface area contributed by atoms with E-state index in [9.17, 15) is 9.59 Å². The standard InChI is InChI=1S/C15H19NO3S/c1-11-4-3-7-16(9-11)14(17)10-20-13-6-2-5-12(8-13)15(18)19/h2,5-6,8,11H,3-4,7,9-10H2,1H3,(H,18,19). The van der Waals surface area contributed by atoms with E-state index in [1.165, 1.54) is 18.2 Å². The van der Waals surface area contributed by atoms with E-state index in [-0.39, 0.29) is 11.5 Å². The molecule has 1 fully saturated rings. The van der Waals surface area contributed by atoms with Gasteiger partial charge in [0.2, 0.25) is 5.91 Å². The Morgan fingerprint density at radius 3 is 2.95 bits per heavy atom. The van der Waals surface area contributed by atoms with Gasteiger partial charge in [-0.3, -0.25) is 4.79 Å². The van der Waals surface area contributed by atoms with Crippen LogP contribution in [0.2, 0.25) is 0 Å². The van der Waals surface area contributed by atoms with Crippen molar-refractivity contribution < 1.29 is 14.7 Å². The van der Waals surface area contributed by atoms with Gasteiger partial charge in [0.15, 0.2) is 0 Å². The highest BCUT2D eigenvalue weighted by Crippen LogP contribution is 2.21. The SMILES string of the molecule is CC1CCCN(C(=O)CSc2cccc(C(=O)O)c2)C1. The van der Waals surface area contributed by atoms with Crippen molar-refractivity contribution in [1.82, 2.24) is 4.90 Å². The average Bonchev–Trinajstić information content (AvgIpc) is 2.45. The summed E-state index contributed by atoms with van der Waals surface area (Å²) in [6.45, 7) is 3.86. The third-order valence-corrected chi connectivity index (χ3v) is 4.43. The maximum atomic E-state index is 12.1. The summed E-state index contributed by atoms with van der Waals surface area (Å²) < 4.78 is 0. The molecule has 1 unspecified atom stereocenters. The van der Waals surface area contributed by atoms with Crippen molar-refractivity contribution in [2.75, 3.05) is 18.8 Å². The summed E-state index contributed by atoms with van der Waals surface area (Å²) in [5.41, 5.74) is 0.258. The Morgan fingerprint density at radius 1 is 1.45 bits per heavy atom. The summed E-state index contributed by atoms with van der Waals surface area (Å²) in [4.78, 5) is 25.8. The van der Waals surface area contributed by atoms with Gasteiger partial charge in [0.1, 0.15) is 0 Å². The Kier molecular flexibility index (Phi) is 5.06. The number of nitrogens with zero attached hydrogens (tertiary/aromatic N) is 1. The summed E-state index contributed by atoms with van der Waals surface area (Å²) >= 11 is 1.40. The number of hydrogen-bond donors (Lipinski definition) is 1. The lowest BCUT2D eigenvalue weighted by atomic mass is 10.0. The molecule has 0 aromatic heterocycles. The van der Waals surface area contributed by atoms with Gasteiger partial charge in [0, 0.05) is 18.0 Å². The Balaban J connectivity index is 1.89. The van der Waals surface area contributed by atoms with Crippen LogP contribution in [0.25, 0.3) is 0 Å². The van der Waals surface area contributed by atoms with E-state index in [0.29, 0.717) is 11.7 Å². The van der Waals surface area contributed by atoms with Crippen molar-refractivity contribution in [2.45, 2.75) is 24.7 Å². The molecule has 2 rings (SSSR count). The largest absolute Gasteiger partial charge is 0.478 e. The second-order valence-corrected chi connectivity index (χ2v) is 6.26. The van der Waals surface area contributed by atoms with Crippen molar-refractivity contribution in [3.8, 4) is 0 Å². The van der Waals surface area contributed by atoms with Crippen molar-refractivity contribution in [3.63, 3.8) is 0 Å². The zero-order valence-corrected chi connectivity index (χ0v) is 12.4. The van der Waals surface area contributed by atoms with Crippen LogP contribution < -0.4 is 0 Å². The number of carboxylic acids is 1. The number of likely N-dealkylation sites (tertiary alicyclic amines) is 1. The number of carbonyl (C=O) groups excluding carboxylic acids is 1. The Hall–Kier alpha value is -1.49.